The highest BCUT2D eigenvalue weighted by molar-refractivity contribution is 5.42. The van der Waals surface area contributed by atoms with E-state index in [9.17, 15) is 14.6 Å². The summed E-state index contributed by atoms with van der Waals surface area (Å²) in [7, 11) is 0. The van der Waals surface area contributed by atoms with Crippen LogP contribution in [0.15, 0.2) is 48.5 Å². The van der Waals surface area contributed by atoms with Gasteiger partial charge in [0.15, 0.2) is 0 Å². The topological polar surface area (TPSA) is 40.5 Å². The van der Waals surface area contributed by atoms with Gasteiger partial charge in [-0.25, -0.2) is 4.39 Å². The minimum Gasteiger partial charge on any atom is -0.388 e. The molecule has 92 valence electrons. The van der Waals surface area contributed by atoms with Crippen LogP contribution in [-0.4, -0.2) is 10.2 Å². The minimum atomic E-state index is -0.748. The van der Waals surface area contributed by atoms with Crippen molar-refractivity contribution >= 4 is 0 Å². The maximum atomic E-state index is 12.9. The van der Waals surface area contributed by atoms with E-state index in [4.69, 9.17) is 0 Å². The van der Waals surface area contributed by atoms with E-state index in [1.54, 1.807) is 12.1 Å². The lowest BCUT2D eigenvalue weighted by molar-refractivity contribution is 0.0771. The fourth-order valence-electron chi connectivity index (χ4n) is 2.66. The third-order valence-electron chi connectivity index (χ3n) is 3.57. The second-order valence-electron chi connectivity index (χ2n) is 4.60. The van der Waals surface area contributed by atoms with Crippen molar-refractivity contribution in [2.75, 3.05) is 0 Å². The highest BCUT2D eigenvalue weighted by Gasteiger charge is 2.39. The molecule has 0 aliphatic heterocycles. The molecular formula is C15H13FO2. The van der Waals surface area contributed by atoms with Gasteiger partial charge >= 0.3 is 0 Å². The Labute approximate surface area is 104 Å². The smallest absolute Gasteiger partial charge is 0.123 e. The monoisotopic (exact) mass is 244 g/mol. The van der Waals surface area contributed by atoms with E-state index in [1.807, 2.05) is 24.3 Å². The summed E-state index contributed by atoms with van der Waals surface area (Å²) in [6, 6.07) is 13.2. The number of halogens is 1. The molecule has 0 amide bonds. The fourth-order valence-corrected chi connectivity index (χ4v) is 2.66. The number of fused-ring (bicyclic) bond motifs is 1. The number of aliphatic hydroxyl groups excluding tert-OH is 2. The molecule has 2 atom stereocenters. The first kappa shape index (κ1) is 11.4. The van der Waals surface area contributed by atoms with Gasteiger partial charge in [0.25, 0.3) is 0 Å². The van der Waals surface area contributed by atoms with E-state index in [0.29, 0.717) is 0 Å². The molecule has 0 bridgehead atoms. The molecule has 0 saturated carbocycles. The van der Waals surface area contributed by atoms with Crippen LogP contribution in [0.1, 0.15) is 34.8 Å². The van der Waals surface area contributed by atoms with Gasteiger partial charge in [-0.1, -0.05) is 36.4 Å². The van der Waals surface area contributed by atoms with Crippen LogP contribution in [0, 0.1) is 5.82 Å². The van der Waals surface area contributed by atoms with Crippen molar-refractivity contribution in [2.24, 2.45) is 0 Å². The standard InChI is InChI=1S/C15H13FO2/c16-10-7-5-9(6-8-10)13-14(17)11-3-1-2-4-12(11)15(13)18/h1-8,13-15,17-18H/t14-,15-/m1/s1. The van der Waals surface area contributed by atoms with Crippen LogP contribution in [0.4, 0.5) is 4.39 Å². The molecule has 0 spiro atoms. The van der Waals surface area contributed by atoms with Gasteiger partial charge in [0.2, 0.25) is 0 Å². The molecule has 18 heavy (non-hydrogen) atoms. The quantitative estimate of drug-likeness (QED) is 0.809. The number of aliphatic hydroxyl groups is 2. The first-order valence-electron chi connectivity index (χ1n) is 5.89. The molecule has 0 unspecified atom stereocenters. The summed E-state index contributed by atoms with van der Waals surface area (Å²) in [6.07, 6.45) is -1.50. The third kappa shape index (κ3) is 1.64. The van der Waals surface area contributed by atoms with Crippen LogP contribution in [0.2, 0.25) is 0 Å². The second-order valence-corrected chi connectivity index (χ2v) is 4.60. The summed E-state index contributed by atoms with van der Waals surface area (Å²) in [5, 5.41) is 20.6. The largest absolute Gasteiger partial charge is 0.388 e. The van der Waals surface area contributed by atoms with Crippen molar-refractivity contribution in [3.05, 3.63) is 71.0 Å². The fraction of sp³-hybridized carbons (Fsp3) is 0.200. The van der Waals surface area contributed by atoms with Gasteiger partial charge in [-0.15, -0.1) is 0 Å². The average molecular weight is 244 g/mol. The van der Waals surface area contributed by atoms with Gasteiger partial charge < -0.3 is 10.2 Å². The predicted molar refractivity (Wildman–Crippen MR) is 65.5 cm³/mol. The summed E-state index contributed by atoms with van der Waals surface area (Å²) < 4.78 is 12.9. The first-order chi connectivity index (χ1) is 8.68. The first-order valence-corrected chi connectivity index (χ1v) is 5.89. The molecule has 3 rings (SSSR count). The molecule has 0 fully saturated rings. The Morgan fingerprint density at radius 3 is 1.78 bits per heavy atom. The lowest BCUT2D eigenvalue weighted by atomic mass is 9.92. The third-order valence-corrected chi connectivity index (χ3v) is 3.57. The SMILES string of the molecule is O[C@@H]1c2ccccc2[C@@H](O)C1c1ccc(F)cc1. The molecule has 0 heterocycles. The zero-order valence-corrected chi connectivity index (χ0v) is 9.62. The maximum Gasteiger partial charge on any atom is 0.123 e. The molecule has 0 saturated heterocycles. The number of benzene rings is 2. The lowest BCUT2D eigenvalue weighted by Gasteiger charge is -2.19. The summed E-state index contributed by atoms with van der Waals surface area (Å²) >= 11 is 0. The van der Waals surface area contributed by atoms with Gasteiger partial charge in [0.1, 0.15) is 5.82 Å². The van der Waals surface area contributed by atoms with Gasteiger partial charge in [-0.2, -0.15) is 0 Å². The van der Waals surface area contributed by atoms with Crippen molar-refractivity contribution < 1.29 is 14.6 Å². The Kier molecular flexibility index (Phi) is 2.65. The number of rotatable bonds is 1. The zero-order valence-electron chi connectivity index (χ0n) is 9.62. The van der Waals surface area contributed by atoms with Crippen molar-refractivity contribution in [1.29, 1.82) is 0 Å². The van der Waals surface area contributed by atoms with Gasteiger partial charge in [-0.05, 0) is 28.8 Å². The van der Waals surface area contributed by atoms with Crippen molar-refractivity contribution in [2.45, 2.75) is 18.1 Å². The molecular weight excluding hydrogens is 231 g/mol. The normalized spacial score (nSPS) is 23.1. The van der Waals surface area contributed by atoms with Crippen LogP contribution < -0.4 is 0 Å². The van der Waals surface area contributed by atoms with Crippen LogP contribution in [0.3, 0.4) is 0 Å². The molecule has 3 heteroatoms. The van der Waals surface area contributed by atoms with E-state index in [0.717, 1.165) is 16.7 Å². The molecule has 2 nitrogen and oxygen atoms in total. The van der Waals surface area contributed by atoms with Crippen LogP contribution in [0.25, 0.3) is 0 Å². The molecule has 1 aliphatic carbocycles. The summed E-state index contributed by atoms with van der Waals surface area (Å²) in [5.41, 5.74) is 2.24. The zero-order chi connectivity index (χ0) is 12.7. The molecule has 1 aliphatic rings. The Hall–Kier alpha value is -1.71. The predicted octanol–water partition coefficient (Wildman–Crippen LogP) is 2.69. The van der Waals surface area contributed by atoms with E-state index >= 15 is 0 Å². The van der Waals surface area contributed by atoms with Gasteiger partial charge in [-0.3, -0.25) is 0 Å². The summed E-state index contributed by atoms with van der Waals surface area (Å²) in [5.74, 6) is -0.749. The van der Waals surface area contributed by atoms with Gasteiger partial charge in [0.05, 0.1) is 12.2 Å². The average Bonchev–Trinajstić information content (AvgIpc) is 2.64. The van der Waals surface area contributed by atoms with E-state index in [-0.39, 0.29) is 5.82 Å². The number of hydrogen-bond acceptors (Lipinski definition) is 2. The summed E-state index contributed by atoms with van der Waals surface area (Å²) in [4.78, 5) is 0. The van der Waals surface area contributed by atoms with Crippen LogP contribution in [-0.2, 0) is 0 Å². The second kappa shape index (κ2) is 4.19. The van der Waals surface area contributed by atoms with Crippen LogP contribution in [0.5, 0.6) is 0 Å². The lowest BCUT2D eigenvalue weighted by Crippen LogP contribution is -2.09. The molecule has 0 aromatic heterocycles. The highest BCUT2D eigenvalue weighted by atomic mass is 19.1. The Morgan fingerprint density at radius 1 is 0.778 bits per heavy atom. The van der Waals surface area contributed by atoms with Crippen molar-refractivity contribution in [1.82, 2.24) is 0 Å². The van der Waals surface area contributed by atoms with E-state index < -0.39 is 18.1 Å². The minimum absolute atomic E-state index is 0.321. The highest BCUT2D eigenvalue weighted by Crippen LogP contribution is 2.49. The molecule has 2 aromatic carbocycles. The molecule has 2 N–H and O–H groups in total. The Morgan fingerprint density at radius 2 is 1.28 bits per heavy atom. The van der Waals surface area contributed by atoms with E-state index in [1.165, 1.54) is 12.1 Å². The van der Waals surface area contributed by atoms with Crippen LogP contribution >= 0.6 is 0 Å². The van der Waals surface area contributed by atoms with Crippen molar-refractivity contribution in [3.63, 3.8) is 0 Å². The number of hydrogen-bond donors (Lipinski definition) is 2. The van der Waals surface area contributed by atoms with Crippen molar-refractivity contribution in [3.8, 4) is 0 Å². The van der Waals surface area contributed by atoms with Gasteiger partial charge in [0, 0.05) is 5.92 Å². The van der Waals surface area contributed by atoms with E-state index in [2.05, 4.69) is 0 Å². The maximum absolute atomic E-state index is 12.9. The molecule has 0 radical (unpaired) electrons. The Balaban J connectivity index is 2.03. The Bertz CT molecular complexity index is 536. The summed E-state index contributed by atoms with van der Waals surface area (Å²) in [6.45, 7) is 0. The molecule has 2 aromatic rings.